The molecule has 0 atom stereocenters. The Morgan fingerprint density at radius 1 is 1.42 bits per heavy atom. The van der Waals surface area contributed by atoms with Crippen molar-refractivity contribution in [1.29, 1.82) is 0 Å². The average Bonchev–Trinajstić information content (AvgIpc) is 2.81. The first-order chi connectivity index (χ1) is 9.02. The number of phenolic OH excluding ortho intramolecular Hbond substituents is 1. The minimum atomic E-state index is -0.424. The molecule has 0 fully saturated rings. The maximum atomic E-state index is 12.3. The number of aromatic amines is 2. The van der Waals surface area contributed by atoms with Gasteiger partial charge in [0.15, 0.2) is 0 Å². The fourth-order valence-electron chi connectivity index (χ4n) is 1.90. The number of carbonyl (C=O) groups is 1. The minimum Gasteiger partial charge on any atom is -0.508 e. The monoisotopic (exact) mass is 261 g/mol. The van der Waals surface area contributed by atoms with E-state index in [9.17, 15) is 14.7 Å². The molecule has 1 aromatic heterocycles. The van der Waals surface area contributed by atoms with E-state index in [1.165, 1.54) is 17.2 Å². The first kappa shape index (κ1) is 12.9. The van der Waals surface area contributed by atoms with Gasteiger partial charge in [-0.15, -0.1) is 0 Å². The molecule has 0 unspecified atom stereocenters. The van der Waals surface area contributed by atoms with Crippen molar-refractivity contribution in [3.63, 3.8) is 0 Å². The molecule has 6 heteroatoms. The summed E-state index contributed by atoms with van der Waals surface area (Å²) < 4.78 is 0. The van der Waals surface area contributed by atoms with Crippen LogP contribution in [0.15, 0.2) is 29.2 Å². The molecular weight excluding hydrogens is 246 g/mol. The van der Waals surface area contributed by atoms with Crippen molar-refractivity contribution in [2.45, 2.75) is 13.8 Å². The lowest BCUT2D eigenvalue weighted by Crippen LogP contribution is -2.31. The van der Waals surface area contributed by atoms with E-state index < -0.39 is 5.69 Å². The van der Waals surface area contributed by atoms with E-state index in [0.717, 1.165) is 5.56 Å². The predicted octanol–water partition coefficient (Wildman–Crippen LogP) is 1.38. The van der Waals surface area contributed by atoms with Crippen LogP contribution in [-0.2, 0) is 0 Å². The molecule has 6 nitrogen and oxygen atoms in total. The van der Waals surface area contributed by atoms with Gasteiger partial charge in [0.1, 0.15) is 11.4 Å². The standard InChI is InChI=1S/C13H15N3O3/c1-3-16(11-6-9(17)5-4-8(11)2)12(18)10-7-14-13(19)15-10/h4-7,17H,3H2,1-2H3,(H2,14,15,19). The fraction of sp³-hybridized carbons (Fsp3) is 0.231. The molecule has 0 spiro atoms. The average molecular weight is 261 g/mol. The van der Waals surface area contributed by atoms with Gasteiger partial charge in [-0.25, -0.2) is 4.79 Å². The Labute approximate surface area is 109 Å². The van der Waals surface area contributed by atoms with E-state index in [1.54, 1.807) is 12.1 Å². The maximum Gasteiger partial charge on any atom is 0.323 e. The van der Waals surface area contributed by atoms with E-state index in [4.69, 9.17) is 0 Å². The maximum absolute atomic E-state index is 12.3. The highest BCUT2D eigenvalue weighted by atomic mass is 16.3. The summed E-state index contributed by atoms with van der Waals surface area (Å²) in [5, 5.41) is 9.54. The summed E-state index contributed by atoms with van der Waals surface area (Å²) in [6.45, 7) is 4.10. The first-order valence-electron chi connectivity index (χ1n) is 5.92. The number of aromatic hydroxyl groups is 1. The van der Waals surface area contributed by atoms with Gasteiger partial charge in [-0.05, 0) is 25.5 Å². The van der Waals surface area contributed by atoms with Crippen molar-refractivity contribution < 1.29 is 9.90 Å². The molecule has 1 amide bonds. The van der Waals surface area contributed by atoms with Gasteiger partial charge in [0.25, 0.3) is 5.91 Å². The largest absolute Gasteiger partial charge is 0.508 e. The van der Waals surface area contributed by atoms with Gasteiger partial charge in [-0.3, -0.25) is 4.79 Å². The summed E-state index contributed by atoms with van der Waals surface area (Å²) in [6, 6.07) is 4.83. The highest BCUT2D eigenvalue weighted by Gasteiger charge is 2.19. The van der Waals surface area contributed by atoms with Gasteiger partial charge in [0.2, 0.25) is 0 Å². The number of benzene rings is 1. The summed E-state index contributed by atoms with van der Waals surface area (Å²) in [5.41, 5.74) is 1.25. The van der Waals surface area contributed by atoms with Crippen molar-refractivity contribution in [2.24, 2.45) is 0 Å². The SMILES string of the molecule is CCN(C(=O)c1c[nH]c(=O)[nH]1)c1cc(O)ccc1C. The van der Waals surface area contributed by atoms with Crippen molar-refractivity contribution in [3.05, 3.63) is 46.1 Å². The zero-order valence-electron chi connectivity index (χ0n) is 10.7. The lowest BCUT2D eigenvalue weighted by molar-refractivity contribution is 0.0983. The molecule has 19 heavy (non-hydrogen) atoms. The third kappa shape index (κ3) is 2.52. The molecule has 0 aliphatic heterocycles. The summed E-state index contributed by atoms with van der Waals surface area (Å²) in [7, 11) is 0. The van der Waals surface area contributed by atoms with Crippen LogP contribution in [0.2, 0.25) is 0 Å². The summed E-state index contributed by atoms with van der Waals surface area (Å²) in [4.78, 5) is 29.7. The number of aromatic nitrogens is 2. The van der Waals surface area contributed by atoms with E-state index in [-0.39, 0.29) is 17.4 Å². The van der Waals surface area contributed by atoms with Crippen molar-refractivity contribution >= 4 is 11.6 Å². The predicted molar refractivity (Wildman–Crippen MR) is 71.6 cm³/mol. The highest BCUT2D eigenvalue weighted by molar-refractivity contribution is 6.05. The second kappa shape index (κ2) is 5.01. The fourth-order valence-corrected chi connectivity index (χ4v) is 1.90. The molecular formula is C13H15N3O3. The van der Waals surface area contributed by atoms with Crippen molar-refractivity contribution in [1.82, 2.24) is 9.97 Å². The zero-order chi connectivity index (χ0) is 14.0. The number of phenols is 1. The number of nitrogens with zero attached hydrogens (tertiary/aromatic N) is 1. The quantitative estimate of drug-likeness (QED) is 0.779. The van der Waals surface area contributed by atoms with Gasteiger partial charge in [-0.1, -0.05) is 6.07 Å². The van der Waals surface area contributed by atoms with Crippen LogP contribution in [0.25, 0.3) is 0 Å². The molecule has 2 rings (SSSR count). The van der Waals surface area contributed by atoms with Crippen LogP contribution in [0, 0.1) is 6.92 Å². The molecule has 0 radical (unpaired) electrons. The molecule has 0 saturated heterocycles. The van der Waals surface area contributed by atoms with Gasteiger partial charge in [0.05, 0.1) is 5.69 Å². The number of amides is 1. The molecule has 100 valence electrons. The molecule has 0 bridgehead atoms. The summed E-state index contributed by atoms with van der Waals surface area (Å²) in [6.07, 6.45) is 1.34. The molecule has 0 aliphatic rings. The van der Waals surface area contributed by atoms with Crippen LogP contribution in [-0.4, -0.2) is 27.5 Å². The van der Waals surface area contributed by atoms with Crippen LogP contribution in [0.5, 0.6) is 5.75 Å². The number of carbonyl (C=O) groups excluding carboxylic acids is 1. The third-order valence-electron chi connectivity index (χ3n) is 2.87. The van der Waals surface area contributed by atoms with E-state index >= 15 is 0 Å². The number of H-pyrrole nitrogens is 2. The van der Waals surface area contributed by atoms with Gasteiger partial charge in [-0.2, -0.15) is 0 Å². The normalized spacial score (nSPS) is 10.4. The number of anilines is 1. The number of aryl methyl sites for hydroxylation is 1. The Hall–Kier alpha value is -2.50. The van der Waals surface area contributed by atoms with Crippen molar-refractivity contribution in [2.75, 3.05) is 11.4 Å². The number of nitrogens with one attached hydrogen (secondary N) is 2. The molecule has 1 aromatic carbocycles. The number of hydrogen-bond donors (Lipinski definition) is 3. The van der Waals surface area contributed by atoms with Crippen LogP contribution in [0.1, 0.15) is 23.0 Å². The second-order valence-electron chi connectivity index (χ2n) is 4.18. The zero-order valence-corrected chi connectivity index (χ0v) is 10.7. The number of imidazole rings is 1. The minimum absolute atomic E-state index is 0.0920. The first-order valence-corrected chi connectivity index (χ1v) is 5.92. The summed E-state index contributed by atoms with van der Waals surface area (Å²) >= 11 is 0. The van der Waals surface area contributed by atoms with Gasteiger partial charge < -0.3 is 20.0 Å². The van der Waals surface area contributed by atoms with Crippen LogP contribution in [0.3, 0.4) is 0 Å². The number of hydrogen-bond acceptors (Lipinski definition) is 3. The van der Waals surface area contributed by atoms with Crippen molar-refractivity contribution in [3.8, 4) is 5.75 Å². The Morgan fingerprint density at radius 2 is 2.16 bits per heavy atom. The third-order valence-corrected chi connectivity index (χ3v) is 2.87. The molecule has 1 heterocycles. The Morgan fingerprint density at radius 3 is 2.74 bits per heavy atom. The van der Waals surface area contributed by atoms with Crippen LogP contribution >= 0.6 is 0 Å². The Kier molecular flexibility index (Phi) is 3.41. The van der Waals surface area contributed by atoms with E-state index in [1.807, 2.05) is 13.8 Å². The molecule has 3 N–H and O–H groups in total. The summed E-state index contributed by atoms with van der Waals surface area (Å²) in [5.74, 6) is -0.232. The van der Waals surface area contributed by atoms with Gasteiger partial charge >= 0.3 is 5.69 Å². The topological polar surface area (TPSA) is 89.2 Å². The lowest BCUT2D eigenvalue weighted by atomic mass is 10.1. The lowest BCUT2D eigenvalue weighted by Gasteiger charge is -2.22. The van der Waals surface area contributed by atoms with Crippen LogP contribution < -0.4 is 10.6 Å². The molecule has 0 saturated carbocycles. The van der Waals surface area contributed by atoms with Crippen LogP contribution in [0.4, 0.5) is 5.69 Å². The van der Waals surface area contributed by atoms with E-state index in [0.29, 0.717) is 12.2 Å². The smallest absolute Gasteiger partial charge is 0.323 e. The highest BCUT2D eigenvalue weighted by Crippen LogP contribution is 2.25. The van der Waals surface area contributed by atoms with E-state index in [2.05, 4.69) is 9.97 Å². The Balaban J connectivity index is 2.42. The number of rotatable bonds is 3. The second-order valence-corrected chi connectivity index (χ2v) is 4.18. The molecule has 0 aliphatic carbocycles. The Bertz CT molecular complexity index is 657. The molecule has 2 aromatic rings. The van der Waals surface area contributed by atoms with Gasteiger partial charge in [0, 0.05) is 18.8 Å².